The number of aromatic nitrogens is 4. The van der Waals surface area contributed by atoms with Crippen LogP contribution in [-0.2, 0) is 30.2 Å². The molecular formula is C28H28ClFN4O8. The molecule has 12 nitrogen and oxygen atoms in total. The molecule has 2 aromatic heterocycles. The summed E-state index contributed by atoms with van der Waals surface area (Å²) in [4.78, 5) is 47.5. The van der Waals surface area contributed by atoms with Gasteiger partial charge in [0.25, 0.3) is 11.2 Å². The lowest BCUT2D eigenvalue weighted by Gasteiger charge is -2.28. The number of hydrogen-bond acceptors (Lipinski definition) is 9. The normalized spacial score (nSPS) is 21.4. The van der Waals surface area contributed by atoms with Crippen molar-refractivity contribution >= 4 is 34.7 Å². The van der Waals surface area contributed by atoms with Gasteiger partial charge in [-0.1, -0.05) is 62.0 Å². The first-order chi connectivity index (χ1) is 19.6. The number of hydrogen-bond donors (Lipinski definition) is 3. The number of fused-ring (bicyclic) bond motifs is 1. The average molecular weight is 603 g/mol. The first-order valence-electron chi connectivity index (χ1n) is 12.3. The number of halogens is 2. The number of carbonyl (C=O) groups is 2. The molecule has 1 unspecified atom stereocenters. The number of methoxy groups -OCH3 is 1. The molecule has 1 aliphatic rings. The molecule has 1 saturated heterocycles. The Kier molecular flexibility index (Phi) is 9.06. The maximum Gasteiger partial charge on any atom is 0.350 e. The lowest BCUT2D eigenvalue weighted by molar-refractivity contribution is -0.192. The van der Waals surface area contributed by atoms with E-state index in [0.29, 0.717) is 5.56 Å². The van der Waals surface area contributed by atoms with Crippen molar-refractivity contribution in [1.82, 2.24) is 19.5 Å². The minimum Gasteiger partial charge on any atom is -0.479 e. The third-order valence-electron chi connectivity index (χ3n) is 6.84. The van der Waals surface area contributed by atoms with Gasteiger partial charge in [0.2, 0.25) is 5.28 Å². The molecule has 3 N–H and O–H groups in total. The van der Waals surface area contributed by atoms with Crippen LogP contribution in [0.2, 0.25) is 5.28 Å². The smallest absolute Gasteiger partial charge is 0.350 e. The lowest BCUT2D eigenvalue weighted by Crippen LogP contribution is -2.53. The van der Waals surface area contributed by atoms with Crippen LogP contribution in [0.25, 0.3) is 22.3 Å². The third-order valence-corrected chi connectivity index (χ3v) is 7.02. The largest absolute Gasteiger partial charge is 0.479 e. The number of carboxylic acids is 1. The second-order valence-corrected chi connectivity index (χ2v) is 9.71. The van der Waals surface area contributed by atoms with Gasteiger partial charge >= 0.3 is 11.9 Å². The molecule has 14 heteroatoms. The highest BCUT2D eigenvalue weighted by molar-refractivity contribution is 6.28. The van der Waals surface area contributed by atoms with Gasteiger partial charge in [-0.2, -0.15) is 4.98 Å². The number of aromatic amines is 1. The van der Waals surface area contributed by atoms with E-state index >= 15 is 4.39 Å². The minimum atomic E-state index is -2.53. The Bertz CT molecular complexity index is 1630. The zero-order valence-corrected chi connectivity index (χ0v) is 22.2. The number of alkyl halides is 1. The van der Waals surface area contributed by atoms with Crippen LogP contribution in [0.5, 0.6) is 0 Å². The molecule has 4 aromatic rings. The second-order valence-electron chi connectivity index (χ2n) is 9.36. The fourth-order valence-electron chi connectivity index (χ4n) is 4.68. The zero-order chi connectivity index (χ0) is 29.3. The minimum absolute atomic E-state index is 0. The summed E-state index contributed by atoms with van der Waals surface area (Å²) in [5.41, 5.74) is -1.13. The fourth-order valence-corrected chi connectivity index (χ4v) is 4.85. The molecule has 42 heavy (non-hydrogen) atoms. The lowest BCUT2D eigenvalue weighted by atomic mass is 9.92. The van der Waals surface area contributed by atoms with Gasteiger partial charge in [0.1, 0.15) is 12.2 Å². The Hall–Kier alpha value is -4.17. The number of ether oxygens (including phenoxy) is 3. The van der Waals surface area contributed by atoms with Crippen LogP contribution in [-0.4, -0.2) is 79.4 Å². The van der Waals surface area contributed by atoms with Gasteiger partial charge in [0, 0.05) is 6.42 Å². The van der Waals surface area contributed by atoms with Gasteiger partial charge in [-0.15, -0.1) is 0 Å². The van der Waals surface area contributed by atoms with E-state index in [9.17, 15) is 24.6 Å². The van der Waals surface area contributed by atoms with Crippen molar-refractivity contribution in [3.63, 3.8) is 0 Å². The van der Waals surface area contributed by atoms with Crippen LogP contribution < -0.4 is 5.56 Å². The molecular weight excluding hydrogens is 575 g/mol. The summed E-state index contributed by atoms with van der Waals surface area (Å²) < 4.78 is 32.3. The molecule has 0 saturated carbocycles. The summed E-state index contributed by atoms with van der Waals surface area (Å²) in [6.07, 6.45) is -6.07. The Morgan fingerprint density at radius 3 is 2.48 bits per heavy atom. The Morgan fingerprint density at radius 1 is 1.17 bits per heavy atom. The zero-order valence-electron chi connectivity index (χ0n) is 21.4. The number of nitrogens with one attached hydrogen (secondary N) is 1. The van der Waals surface area contributed by atoms with E-state index in [-0.39, 0.29) is 23.9 Å². The van der Waals surface area contributed by atoms with E-state index in [1.54, 1.807) is 24.3 Å². The van der Waals surface area contributed by atoms with Crippen LogP contribution >= 0.6 is 11.6 Å². The van der Waals surface area contributed by atoms with Crippen LogP contribution in [0.15, 0.2) is 65.7 Å². The molecule has 0 bridgehead atoms. The molecule has 0 amide bonds. The van der Waals surface area contributed by atoms with E-state index in [1.807, 2.05) is 30.3 Å². The first kappa shape index (κ1) is 30.8. The first-order valence-corrected chi connectivity index (χ1v) is 12.7. The van der Waals surface area contributed by atoms with Crippen LogP contribution in [0.4, 0.5) is 4.39 Å². The van der Waals surface area contributed by atoms with Crippen LogP contribution in [0, 0.1) is 0 Å². The summed E-state index contributed by atoms with van der Waals surface area (Å²) in [7, 11) is 1.01. The number of H-pyrrole nitrogens is 1. The number of aliphatic carboxylic acids is 1. The summed E-state index contributed by atoms with van der Waals surface area (Å²) in [6.45, 7) is -0.691. The molecule has 3 heterocycles. The summed E-state index contributed by atoms with van der Waals surface area (Å²) in [5, 5.41) is 20.4. The Balaban J connectivity index is 0.00000405. The number of rotatable bonds is 9. The predicted molar refractivity (Wildman–Crippen MR) is 149 cm³/mol. The molecule has 1 fully saturated rings. The highest BCUT2D eigenvalue weighted by Gasteiger charge is 2.52. The highest BCUT2D eigenvalue weighted by atomic mass is 35.5. The SMILES string of the molecule is C.COC(=O)C(Cc1ccc(-c2ccccc2)cc1)(OC[C@H]1O[C@@H](n2cnc3c(=O)[nH]c(Cl)nc32)[C@@H](F)[C@@H]1O)C(=O)O. The summed E-state index contributed by atoms with van der Waals surface area (Å²) in [5.74, 6) is -2.84. The van der Waals surface area contributed by atoms with Gasteiger partial charge in [0.05, 0.1) is 20.0 Å². The second kappa shape index (κ2) is 12.4. The molecule has 5 atom stereocenters. The number of esters is 1. The van der Waals surface area contributed by atoms with Gasteiger partial charge in [-0.25, -0.2) is 19.0 Å². The van der Waals surface area contributed by atoms with Crippen molar-refractivity contribution in [1.29, 1.82) is 0 Å². The molecule has 0 radical (unpaired) electrons. The van der Waals surface area contributed by atoms with Crippen LogP contribution in [0.3, 0.4) is 0 Å². The van der Waals surface area contributed by atoms with Crippen molar-refractivity contribution in [2.45, 2.75) is 44.1 Å². The van der Waals surface area contributed by atoms with E-state index in [2.05, 4.69) is 15.0 Å². The number of carbonyl (C=O) groups excluding carboxylic acids is 1. The number of imidazole rings is 1. The maximum absolute atomic E-state index is 15.2. The summed E-state index contributed by atoms with van der Waals surface area (Å²) in [6, 6.07) is 16.4. The standard InChI is InChI=1S/C27H24ClFN4O8.CH4/c1-39-25(38)27(24(36)37,11-14-7-9-16(10-8-14)15-5-3-2-4-6-15)40-12-17-20(34)18(29)23(41-17)33-13-30-19-21(33)31-26(28)32-22(19)35;/h2-10,13,17-18,20,23,34H,11-12H2,1H3,(H,36,37)(H,31,32,35);1H4/t17-,18+,20-,23-,27?;/m1./s1. The molecule has 2 aromatic carbocycles. The van der Waals surface area contributed by atoms with E-state index < -0.39 is 60.7 Å². The number of nitrogens with zero attached hydrogens (tertiary/aromatic N) is 3. The highest BCUT2D eigenvalue weighted by Crippen LogP contribution is 2.35. The quantitative estimate of drug-likeness (QED) is 0.147. The van der Waals surface area contributed by atoms with Crippen LogP contribution in [0.1, 0.15) is 19.2 Å². The summed E-state index contributed by atoms with van der Waals surface area (Å²) >= 11 is 5.82. The monoisotopic (exact) mass is 602 g/mol. The van der Waals surface area contributed by atoms with Crippen molar-refractivity contribution in [2.75, 3.05) is 13.7 Å². The Morgan fingerprint density at radius 2 is 1.83 bits per heavy atom. The Labute approximate surface area is 243 Å². The van der Waals surface area contributed by atoms with Crippen molar-refractivity contribution < 1.29 is 38.4 Å². The topological polar surface area (TPSA) is 166 Å². The van der Waals surface area contributed by atoms with Gasteiger partial charge in [-0.3, -0.25) is 14.3 Å². The molecule has 0 spiro atoms. The van der Waals surface area contributed by atoms with Crippen molar-refractivity contribution in [3.05, 3.63) is 82.1 Å². The van der Waals surface area contributed by atoms with E-state index in [0.717, 1.165) is 29.1 Å². The van der Waals surface area contributed by atoms with E-state index in [4.69, 9.17) is 25.8 Å². The fraction of sp³-hybridized carbons (Fsp3) is 0.321. The number of carboxylic acid groups (broad SMARTS) is 1. The predicted octanol–water partition coefficient (Wildman–Crippen LogP) is 2.93. The molecule has 1 aliphatic heterocycles. The molecule has 0 aliphatic carbocycles. The third kappa shape index (κ3) is 5.63. The van der Waals surface area contributed by atoms with Gasteiger partial charge in [-0.05, 0) is 28.3 Å². The number of aliphatic hydroxyl groups excluding tert-OH is 1. The molecule has 222 valence electrons. The van der Waals surface area contributed by atoms with Crippen molar-refractivity contribution in [2.24, 2.45) is 0 Å². The van der Waals surface area contributed by atoms with Gasteiger partial charge < -0.3 is 24.4 Å². The average Bonchev–Trinajstić information content (AvgIpc) is 3.51. The maximum atomic E-state index is 15.2. The van der Waals surface area contributed by atoms with Crippen molar-refractivity contribution in [3.8, 4) is 11.1 Å². The number of aliphatic hydroxyl groups is 1. The van der Waals surface area contributed by atoms with Gasteiger partial charge in [0.15, 0.2) is 23.6 Å². The van der Waals surface area contributed by atoms with E-state index in [1.165, 1.54) is 0 Å². The molecule has 5 rings (SSSR count). The number of benzene rings is 2.